The molecule has 1 rings (SSSR count). The van der Waals surface area contributed by atoms with Gasteiger partial charge in [0.15, 0.2) is 6.11 Å². The van der Waals surface area contributed by atoms with E-state index >= 15 is 0 Å². The molecule has 114 valence electrons. The molecular formula is C14H18N2O5. The molecule has 3 N–H and O–H groups in total. The lowest BCUT2D eigenvalue weighted by atomic mass is 10.2. The first-order chi connectivity index (χ1) is 9.92. The van der Waals surface area contributed by atoms with E-state index in [4.69, 9.17) is 14.8 Å². The number of alkyl carbamates (subject to hydrolysis) is 1. The fourth-order valence-corrected chi connectivity index (χ4v) is 1.38. The summed E-state index contributed by atoms with van der Waals surface area (Å²) in [7, 11) is 0. The quantitative estimate of drug-likeness (QED) is 0.449. The van der Waals surface area contributed by atoms with Gasteiger partial charge in [-0.15, -0.1) is 0 Å². The number of nitrogens with one attached hydrogen (secondary N) is 2. The van der Waals surface area contributed by atoms with Crippen LogP contribution in [0.2, 0.25) is 0 Å². The molecule has 0 heterocycles. The van der Waals surface area contributed by atoms with Crippen molar-refractivity contribution in [1.29, 1.82) is 0 Å². The molecule has 0 fully saturated rings. The summed E-state index contributed by atoms with van der Waals surface area (Å²) in [6.07, 6.45) is 3.40. The van der Waals surface area contributed by atoms with Gasteiger partial charge in [-0.25, -0.2) is 10.3 Å². The Balaban J connectivity index is 2.56. The second-order valence-electron chi connectivity index (χ2n) is 5.01. The number of carbonyl (C=O) groups is 1. The van der Waals surface area contributed by atoms with Crippen LogP contribution in [-0.2, 0) is 21.0 Å². The van der Waals surface area contributed by atoms with E-state index in [1.54, 1.807) is 39.0 Å². The highest BCUT2D eigenvalue weighted by atomic mass is 17.1. The minimum Gasteiger partial charge on any atom is -0.444 e. The van der Waals surface area contributed by atoms with E-state index in [2.05, 4.69) is 21.8 Å². The van der Waals surface area contributed by atoms with Crippen molar-refractivity contribution in [3.8, 4) is 12.2 Å². The fourth-order valence-electron chi connectivity index (χ4n) is 1.38. The highest BCUT2D eigenvalue weighted by molar-refractivity contribution is 5.68. The van der Waals surface area contributed by atoms with Crippen LogP contribution in [-0.4, -0.2) is 17.0 Å². The van der Waals surface area contributed by atoms with Crippen LogP contribution in [0.15, 0.2) is 24.3 Å². The van der Waals surface area contributed by atoms with Crippen molar-refractivity contribution < 1.29 is 24.5 Å². The van der Waals surface area contributed by atoms with E-state index in [-0.39, 0.29) is 6.54 Å². The number of amides is 1. The second kappa shape index (κ2) is 7.87. The van der Waals surface area contributed by atoms with Crippen LogP contribution < -0.4 is 10.8 Å². The van der Waals surface area contributed by atoms with Crippen molar-refractivity contribution in [2.24, 2.45) is 0 Å². The standard InChI is InChI=1S/C14H18N2O5/c1-14(2,3)21-13(17)15-10-11-6-4-5-7-12(11)16-19-8-9-20-18/h4-7,16,18H,10H2,1-3H3,(H,15,17). The Morgan fingerprint density at radius 1 is 1.29 bits per heavy atom. The molecule has 0 saturated heterocycles. The Bertz CT molecular complexity index is 528. The van der Waals surface area contributed by atoms with Gasteiger partial charge in [-0.05, 0) is 32.4 Å². The molecule has 0 spiro atoms. The Morgan fingerprint density at radius 2 is 2.00 bits per heavy atom. The van der Waals surface area contributed by atoms with Crippen molar-refractivity contribution in [2.75, 3.05) is 5.48 Å². The first-order valence-electron chi connectivity index (χ1n) is 6.19. The molecule has 0 radical (unpaired) electrons. The molecule has 0 aliphatic heterocycles. The topological polar surface area (TPSA) is 89.1 Å². The molecule has 0 aromatic heterocycles. The number of hydrogen-bond acceptors (Lipinski definition) is 6. The lowest BCUT2D eigenvalue weighted by Crippen LogP contribution is -2.32. The molecule has 7 nitrogen and oxygen atoms in total. The summed E-state index contributed by atoms with van der Waals surface area (Å²) >= 11 is 0. The summed E-state index contributed by atoms with van der Waals surface area (Å²) in [5.74, 6) is 0. The lowest BCUT2D eigenvalue weighted by Gasteiger charge is -2.20. The van der Waals surface area contributed by atoms with Gasteiger partial charge in [0.2, 0.25) is 6.11 Å². The Labute approximate surface area is 123 Å². The van der Waals surface area contributed by atoms with Crippen molar-refractivity contribution in [2.45, 2.75) is 32.9 Å². The average molecular weight is 294 g/mol. The fraction of sp³-hybridized carbons (Fsp3) is 0.357. The van der Waals surface area contributed by atoms with Gasteiger partial charge >= 0.3 is 6.09 Å². The molecule has 7 heteroatoms. The maximum Gasteiger partial charge on any atom is 0.407 e. The maximum atomic E-state index is 11.6. The van der Waals surface area contributed by atoms with Gasteiger partial charge in [0.05, 0.1) is 5.69 Å². The van der Waals surface area contributed by atoms with E-state index < -0.39 is 11.7 Å². The first-order valence-corrected chi connectivity index (χ1v) is 6.19. The maximum absolute atomic E-state index is 11.6. The number of benzene rings is 1. The summed E-state index contributed by atoms with van der Waals surface area (Å²) in [6.45, 7) is 5.62. The van der Waals surface area contributed by atoms with Gasteiger partial charge in [0, 0.05) is 6.54 Å². The molecule has 0 bridgehead atoms. The van der Waals surface area contributed by atoms with Gasteiger partial charge in [0.1, 0.15) is 5.60 Å². The van der Waals surface area contributed by atoms with Crippen molar-refractivity contribution in [3.05, 3.63) is 29.8 Å². The van der Waals surface area contributed by atoms with Crippen molar-refractivity contribution in [1.82, 2.24) is 5.32 Å². The van der Waals surface area contributed by atoms with Crippen LogP contribution in [0.5, 0.6) is 0 Å². The Morgan fingerprint density at radius 3 is 2.67 bits per heavy atom. The Hall–Kier alpha value is -2.59. The number of anilines is 1. The van der Waals surface area contributed by atoms with Crippen molar-refractivity contribution >= 4 is 11.8 Å². The zero-order valence-electron chi connectivity index (χ0n) is 12.1. The number of ether oxygens (including phenoxy) is 1. The lowest BCUT2D eigenvalue weighted by molar-refractivity contribution is -0.172. The van der Waals surface area contributed by atoms with Crippen LogP contribution in [0.3, 0.4) is 0 Å². The third-order valence-electron chi connectivity index (χ3n) is 2.14. The predicted molar refractivity (Wildman–Crippen MR) is 75.7 cm³/mol. The van der Waals surface area contributed by atoms with Gasteiger partial charge in [0.25, 0.3) is 0 Å². The van der Waals surface area contributed by atoms with Gasteiger partial charge < -0.3 is 14.9 Å². The van der Waals surface area contributed by atoms with Crippen LogP contribution in [0.1, 0.15) is 26.3 Å². The van der Waals surface area contributed by atoms with Crippen LogP contribution in [0.4, 0.5) is 10.5 Å². The first kappa shape index (κ1) is 16.5. The molecule has 1 amide bonds. The summed E-state index contributed by atoms with van der Waals surface area (Å²) in [6, 6.07) is 7.16. The van der Waals surface area contributed by atoms with Crippen LogP contribution in [0.25, 0.3) is 0 Å². The number of rotatable bonds is 4. The molecule has 1 aromatic carbocycles. The molecule has 21 heavy (non-hydrogen) atoms. The monoisotopic (exact) mass is 294 g/mol. The predicted octanol–water partition coefficient (Wildman–Crippen LogP) is 2.46. The Kier molecular flexibility index (Phi) is 6.17. The molecule has 0 aliphatic rings. The summed E-state index contributed by atoms with van der Waals surface area (Å²) in [5, 5.41) is 10.7. The molecule has 0 unspecified atom stereocenters. The van der Waals surface area contributed by atoms with Crippen molar-refractivity contribution in [3.63, 3.8) is 0 Å². The number of carbonyl (C=O) groups excluding carboxylic acids is 1. The zero-order valence-corrected chi connectivity index (χ0v) is 12.1. The SMILES string of the molecule is CC(C)(C)OC(=O)NCc1ccccc1NOC#COO. The number of hydrogen-bond donors (Lipinski definition) is 3. The van der Waals surface area contributed by atoms with E-state index in [1.165, 1.54) is 0 Å². The van der Waals surface area contributed by atoms with Gasteiger partial charge in [-0.3, -0.25) is 4.89 Å². The van der Waals surface area contributed by atoms with Gasteiger partial charge in [-0.2, -0.15) is 5.26 Å². The normalized spacial score (nSPS) is 9.90. The largest absolute Gasteiger partial charge is 0.444 e. The third-order valence-corrected chi connectivity index (χ3v) is 2.14. The van der Waals surface area contributed by atoms with E-state index in [9.17, 15) is 4.79 Å². The highest BCUT2D eigenvalue weighted by Crippen LogP contribution is 2.15. The molecule has 0 aliphatic carbocycles. The van der Waals surface area contributed by atoms with Crippen LogP contribution in [0, 0.1) is 12.2 Å². The summed E-state index contributed by atoms with van der Waals surface area (Å²) in [4.78, 5) is 19.9. The minimum absolute atomic E-state index is 0.255. The molecule has 0 atom stereocenters. The van der Waals surface area contributed by atoms with E-state index in [0.29, 0.717) is 5.69 Å². The average Bonchev–Trinajstić information content (AvgIpc) is 2.40. The summed E-state index contributed by atoms with van der Waals surface area (Å²) in [5.41, 5.74) is 3.40. The zero-order chi connectivity index (χ0) is 15.7. The smallest absolute Gasteiger partial charge is 0.407 e. The highest BCUT2D eigenvalue weighted by Gasteiger charge is 2.16. The van der Waals surface area contributed by atoms with Gasteiger partial charge in [-0.1, -0.05) is 18.2 Å². The van der Waals surface area contributed by atoms with E-state index in [0.717, 1.165) is 5.56 Å². The second-order valence-corrected chi connectivity index (χ2v) is 5.01. The molecular weight excluding hydrogens is 276 g/mol. The van der Waals surface area contributed by atoms with E-state index in [1.807, 2.05) is 12.2 Å². The van der Waals surface area contributed by atoms with Crippen LogP contribution >= 0.6 is 0 Å². The molecule has 1 aromatic rings. The molecule has 0 saturated carbocycles. The minimum atomic E-state index is -0.551. The number of para-hydroxylation sites is 1. The third kappa shape index (κ3) is 6.94. The summed E-state index contributed by atoms with van der Waals surface area (Å²) < 4.78 is 5.14.